The van der Waals surface area contributed by atoms with E-state index in [1.54, 1.807) is 23.9 Å². The van der Waals surface area contributed by atoms with Crippen molar-refractivity contribution < 1.29 is 9.53 Å². The first-order valence-corrected chi connectivity index (χ1v) is 9.82. The van der Waals surface area contributed by atoms with Crippen LogP contribution in [-0.2, 0) is 4.79 Å². The van der Waals surface area contributed by atoms with Crippen LogP contribution in [0.15, 0.2) is 59.8 Å². The zero-order valence-electron chi connectivity index (χ0n) is 16.4. The van der Waals surface area contributed by atoms with Gasteiger partial charge in [0, 0.05) is 23.3 Å². The summed E-state index contributed by atoms with van der Waals surface area (Å²) in [4.78, 5) is 17.6. The van der Waals surface area contributed by atoms with Gasteiger partial charge in [-0.3, -0.25) is 4.79 Å². The summed E-state index contributed by atoms with van der Waals surface area (Å²) in [6.45, 7) is 0. The van der Waals surface area contributed by atoms with Crippen molar-refractivity contribution in [3.63, 3.8) is 0 Å². The number of hydrogen-bond donors (Lipinski definition) is 1. The number of carbonyl (C=O) groups is 1. The van der Waals surface area contributed by atoms with Crippen LogP contribution < -0.4 is 10.1 Å². The van der Waals surface area contributed by atoms with Crippen LogP contribution in [0.3, 0.4) is 0 Å². The third kappa shape index (κ3) is 2.94. The number of allylic oxidation sites excluding steroid dienone is 2. The van der Waals surface area contributed by atoms with Gasteiger partial charge in [0.15, 0.2) is 11.6 Å². The number of ether oxygens (including phenoxy) is 1. The number of benzene rings is 2. The number of hydrogen-bond acceptors (Lipinski definition) is 6. The van der Waals surface area contributed by atoms with Crippen LogP contribution >= 0.6 is 0 Å². The van der Waals surface area contributed by atoms with Crippen LogP contribution in [0.25, 0.3) is 11.4 Å². The number of carbonyl (C=O) groups excluding carboxylic acids is 1. The lowest BCUT2D eigenvalue weighted by atomic mass is 9.85. The Bertz CT molecular complexity index is 1220. The largest absolute Gasteiger partial charge is 0.497 e. The van der Waals surface area contributed by atoms with Gasteiger partial charge < -0.3 is 10.1 Å². The molecule has 1 unspecified atom stereocenters. The van der Waals surface area contributed by atoms with E-state index in [0.29, 0.717) is 23.8 Å². The van der Waals surface area contributed by atoms with Gasteiger partial charge in [0.2, 0.25) is 5.95 Å². The first-order valence-electron chi connectivity index (χ1n) is 9.82. The second kappa shape index (κ2) is 7.16. The Hall–Kier alpha value is -3.92. The maximum Gasteiger partial charge on any atom is 0.226 e. The highest BCUT2D eigenvalue weighted by Crippen LogP contribution is 2.40. The summed E-state index contributed by atoms with van der Waals surface area (Å²) in [6, 6.07) is 16.7. The molecule has 1 atom stereocenters. The number of nitrogens with one attached hydrogen (secondary N) is 1. The standard InChI is InChI=1S/C23H19N5O2/c1-30-17-5-2-4-16(12-17)22-26-23-25-18-6-3-7-19(29)20(18)21(28(23)27-22)15-10-8-14(13-24)9-11-15/h2,4-5,8-12,21H,3,6-7H2,1H3,(H,25,26,27). The average molecular weight is 397 g/mol. The Morgan fingerprint density at radius 2 is 2.03 bits per heavy atom. The minimum atomic E-state index is -0.372. The molecule has 0 saturated heterocycles. The second-order valence-corrected chi connectivity index (χ2v) is 7.37. The van der Waals surface area contributed by atoms with Gasteiger partial charge in [-0.1, -0.05) is 24.3 Å². The number of aromatic nitrogens is 3. The molecular weight excluding hydrogens is 378 g/mol. The van der Waals surface area contributed by atoms with Crippen molar-refractivity contribution in [3.8, 4) is 23.2 Å². The quantitative estimate of drug-likeness (QED) is 0.722. The van der Waals surface area contributed by atoms with E-state index in [2.05, 4.69) is 11.4 Å². The SMILES string of the molecule is COc1cccc(-c2nc3n(n2)C(c2ccc(C#N)cc2)C2=C(CCCC2=O)N3)c1. The van der Waals surface area contributed by atoms with Gasteiger partial charge in [-0.15, -0.1) is 5.10 Å². The van der Waals surface area contributed by atoms with Gasteiger partial charge in [-0.25, -0.2) is 4.68 Å². The van der Waals surface area contributed by atoms with Crippen molar-refractivity contribution in [2.75, 3.05) is 12.4 Å². The minimum Gasteiger partial charge on any atom is -0.497 e. The van der Waals surface area contributed by atoms with E-state index in [1.165, 1.54) is 0 Å². The molecule has 0 saturated carbocycles. The molecule has 1 aliphatic heterocycles. The molecule has 5 rings (SSSR count). The Labute approximate surface area is 173 Å². The molecule has 2 aromatic carbocycles. The second-order valence-electron chi connectivity index (χ2n) is 7.37. The molecule has 0 radical (unpaired) electrons. The van der Waals surface area contributed by atoms with Crippen LogP contribution in [-0.4, -0.2) is 27.7 Å². The third-order valence-electron chi connectivity index (χ3n) is 5.55. The van der Waals surface area contributed by atoms with Crippen molar-refractivity contribution in [2.24, 2.45) is 0 Å². The first kappa shape index (κ1) is 18.1. The molecule has 30 heavy (non-hydrogen) atoms. The van der Waals surface area contributed by atoms with Crippen LogP contribution in [0.2, 0.25) is 0 Å². The van der Waals surface area contributed by atoms with Crippen molar-refractivity contribution in [1.82, 2.24) is 14.8 Å². The minimum absolute atomic E-state index is 0.127. The summed E-state index contributed by atoms with van der Waals surface area (Å²) in [5.41, 5.74) is 3.97. The van der Waals surface area contributed by atoms with Crippen LogP contribution in [0.4, 0.5) is 5.95 Å². The fraction of sp³-hybridized carbons (Fsp3) is 0.217. The molecule has 148 valence electrons. The van der Waals surface area contributed by atoms with Crippen molar-refractivity contribution in [3.05, 3.63) is 70.9 Å². The molecule has 1 N–H and O–H groups in total. The van der Waals surface area contributed by atoms with Crippen LogP contribution in [0.5, 0.6) is 5.75 Å². The van der Waals surface area contributed by atoms with Gasteiger partial charge in [-0.05, 0) is 42.7 Å². The smallest absolute Gasteiger partial charge is 0.226 e. The summed E-state index contributed by atoms with van der Waals surface area (Å²) >= 11 is 0. The molecular formula is C23H19N5O2. The molecule has 1 aliphatic carbocycles. The number of nitriles is 1. The fourth-order valence-electron chi connectivity index (χ4n) is 4.09. The molecule has 1 aromatic heterocycles. The summed E-state index contributed by atoms with van der Waals surface area (Å²) < 4.78 is 7.10. The lowest BCUT2D eigenvalue weighted by Gasteiger charge is -2.32. The number of fused-ring (bicyclic) bond motifs is 1. The van der Waals surface area contributed by atoms with Crippen molar-refractivity contribution in [1.29, 1.82) is 5.26 Å². The number of rotatable bonds is 3. The lowest BCUT2D eigenvalue weighted by Crippen LogP contribution is -2.31. The molecule has 3 aromatic rings. The Morgan fingerprint density at radius 3 is 2.80 bits per heavy atom. The maximum absolute atomic E-state index is 12.9. The topological polar surface area (TPSA) is 92.8 Å². The Kier molecular flexibility index (Phi) is 4.32. The van der Waals surface area contributed by atoms with E-state index in [1.807, 2.05) is 36.4 Å². The first-order chi connectivity index (χ1) is 14.7. The number of anilines is 1. The van der Waals surface area contributed by atoms with Gasteiger partial charge in [0.25, 0.3) is 0 Å². The number of nitrogens with zero attached hydrogens (tertiary/aromatic N) is 4. The highest BCUT2D eigenvalue weighted by atomic mass is 16.5. The van der Waals surface area contributed by atoms with Crippen molar-refractivity contribution in [2.45, 2.75) is 25.3 Å². The molecule has 0 bridgehead atoms. The van der Waals surface area contributed by atoms with Gasteiger partial charge >= 0.3 is 0 Å². The highest BCUT2D eigenvalue weighted by Gasteiger charge is 2.36. The molecule has 7 heteroatoms. The normalized spacial score (nSPS) is 17.6. The molecule has 2 aliphatic rings. The van der Waals surface area contributed by atoms with E-state index in [-0.39, 0.29) is 11.8 Å². The summed E-state index contributed by atoms with van der Waals surface area (Å²) in [5, 5.41) is 17.2. The van der Waals surface area contributed by atoms with E-state index in [9.17, 15) is 4.79 Å². The third-order valence-corrected chi connectivity index (χ3v) is 5.55. The number of ketones is 1. The summed E-state index contributed by atoms with van der Waals surface area (Å²) in [7, 11) is 1.62. The van der Waals surface area contributed by atoms with Gasteiger partial charge in [-0.2, -0.15) is 10.2 Å². The highest BCUT2D eigenvalue weighted by molar-refractivity contribution is 5.99. The Morgan fingerprint density at radius 1 is 1.20 bits per heavy atom. The average Bonchev–Trinajstić information content (AvgIpc) is 3.22. The fourth-order valence-corrected chi connectivity index (χ4v) is 4.09. The van der Waals surface area contributed by atoms with Crippen molar-refractivity contribution >= 4 is 11.7 Å². The zero-order valence-corrected chi connectivity index (χ0v) is 16.4. The van der Waals surface area contributed by atoms with E-state index in [0.717, 1.165) is 41.0 Å². The molecule has 0 fully saturated rings. The summed E-state index contributed by atoms with van der Waals surface area (Å²) in [6.07, 6.45) is 2.15. The van der Waals surface area contributed by atoms with Crippen LogP contribution in [0, 0.1) is 11.3 Å². The Balaban J connectivity index is 1.65. The predicted molar refractivity (Wildman–Crippen MR) is 111 cm³/mol. The number of methoxy groups -OCH3 is 1. The van der Waals surface area contributed by atoms with E-state index in [4.69, 9.17) is 20.1 Å². The van der Waals surface area contributed by atoms with Gasteiger partial charge in [0.1, 0.15) is 11.8 Å². The van der Waals surface area contributed by atoms with Crippen LogP contribution in [0.1, 0.15) is 36.4 Å². The molecule has 0 amide bonds. The zero-order chi connectivity index (χ0) is 20.7. The summed E-state index contributed by atoms with van der Waals surface area (Å²) in [5.74, 6) is 2.02. The molecule has 0 spiro atoms. The predicted octanol–water partition coefficient (Wildman–Crippen LogP) is 3.85. The monoisotopic (exact) mass is 397 g/mol. The molecule has 2 heterocycles. The number of Topliss-reactive ketones (excluding diaryl/α,β-unsaturated/α-hetero) is 1. The molecule has 7 nitrogen and oxygen atoms in total. The van der Waals surface area contributed by atoms with E-state index < -0.39 is 0 Å². The lowest BCUT2D eigenvalue weighted by molar-refractivity contribution is -0.116. The van der Waals surface area contributed by atoms with Gasteiger partial charge in [0.05, 0.1) is 18.7 Å². The van der Waals surface area contributed by atoms with E-state index >= 15 is 0 Å². The maximum atomic E-state index is 12.9.